The predicted octanol–water partition coefficient (Wildman–Crippen LogP) is 2.40. The molecule has 0 amide bonds. The lowest BCUT2D eigenvalue weighted by molar-refractivity contribution is 0.144. The van der Waals surface area contributed by atoms with Gasteiger partial charge in [-0.1, -0.05) is 0 Å². The molecule has 0 radical (unpaired) electrons. The SMILES string of the molecule is COc1cc(CC#N)c(C(F)F)nc1C. The van der Waals surface area contributed by atoms with E-state index in [9.17, 15) is 8.78 Å². The molecule has 80 valence electrons. The third kappa shape index (κ3) is 2.40. The molecule has 0 aliphatic rings. The molecule has 0 N–H and O–H groups in total. The van der Waals surface area contributed by atoms with Crippen LogP contribution in [0.5, 0.6) is 5.75 Å². The first-order valence-electron chi connectivity index (χ1n) is 4.29. The molecule has 0 fully saturated rings. The number of nitrogens with zero attached hydrogens (tertiary/aromatic N) is 2. The van der Waals surface area contributed by atoms with Crippen LogP contribution in [-0.4, -0.2) is 12.1 Å². The maximum absolute atomic E-state index is 12.6. The molecule has 0 unspecified atom stereocenters. The average molecular weight is 212 g/mol. The van der Waals surface area contributed by atoms with Crippen LogP contribution in [0.3, 0.4) is 0 Å². The number of aryl methyl sites for hydroxylation is 1. The zero-order valence-electron chi connectivity index (χ0n) is 8.42. The van der Waals surface area contributed by atoms with E-state index in [1.807, 2.05) is 6.07 Å². The molecular formula is C10H10F2N2O. The minimum Gasteiger partial charge on any atom is -0.495 e. The third-order valence-electron chi connectivity index (χ3n) is 1.98. The van der Waals surface area contributed by atoms with E-state index in [1.165, 1.54) is 13.2 Å². The molecule has 1 rings (SSSR count). The summed E-state index contributed by atoms with van der Waals surface area (Å²) in [6.07, 6.45) is -2.76. The van der Waals surface area contributed by atoms with Crippen molar-refractivity contribution in [2.24, 2.45) is 0 Å². The lowest BCUT2D eigenvalue weighted by atomic mass is 10.1. The van der Waals surface area contributed by atoms with Gasteiger partial charge in [0.05, 0.1) is 25.3 Å². The molecule has 0 aromatic carbocycles. The summed E-state index contributed by atoms with van der Waals surface area (Å²) in [5, 5.41) is 8.50. The number of nitriles is 1. The van der Waals surface area contributed by atoms with Crippen molar-refractivity contribution in [3.05, 3.63) is 23.0 Å². The normalized spacial score (nSPS) is 10.1. The Bertz CT molecular complexity index is 399. The number of halogens is 2. The van der Waals surface area contributed by atoms with Crippen LogP contribution in [0.2, 0.25) is 0 Å². The molecular weight excluding hydrogens is 202 g/mol. The van der Waals surface area contributed by atoms with Crippen molar-refractivity contribution in [2.75, 3.05) is 7.11 Å². The third-order valence-corrected chi connectivity index (χ3v) is 1.98. The van der Waals surface area contributed by atoms with Crippen molar-refractivity contribution < 1.29 is 13.5 Å². The summed E-state index contributed by atoms with van der Waals surface area (Å²) in [5.41, 5.74) is 0.277. The smallest absolute Gasteiger partial charge is 0.280 e. The summed E-state index contributed by atoms with van der Waals surface area (Å²) in [6.45, 7) is 1.58. The summed E-state index contributed by atoms with van der Waals surface area (Å²) in [4.78, 5) is 3.74. The van der Waals surface area contributed by atoms with E-state index in [0.717, 1.165) is 0 Å². The van der Waals surface area contributed by atoms with Gasteiger partial charge in [-0.3, -0.25) is 0 Å². The van der Waals surface area contributed by atoms with Crippen molar-refractivity contribution in [1.29, 1.82) is 5.26 Å². The molecule has 5 heteroatoms. The Morgan fingerprint density at radius 3 is 2.73 bits per heavy atom. The van der Waals surface area contributed by atoms with Gasteiger partial charge in [-0.05, 0) is 18.6 Å². The maximum Gasteiger partial charge on any atom is 0.280 e. The highest BCUT2D eigenvalue weighted by atomic mass is 19.3. The fourth-order valence-corrected chi connectivity index (χ4v) is 1.27. The van der Waals surface area contributed by atoms with Crippen LogP contribution in [-0.2, 0) is 6.42 Å². The summed E-state index contributed by atoms with van der Waals surface area (Å²) >= 11 is 0. The van der Waals surface area contributed by atoms with E-state index in [1.54, 1.807) is 6.92 Å². The highest BCUT2D eigenvalue weighted by molar-refractivity contribution is 5.36. The number of aromatic nitrogens is 1. The molecule has 0 saturated carbocycles. The van der Waals surface area contributed by atoms with Crippen LogP contribution >= 0.6 is 0 Å². The standard InChI is InChI=1S/C10H10F2N2O/c1-6-8(15-2)5-7(3-4-13)9(14-6)10(11)12/h5,10H,3H2,1-2H3. The number of hydrogen-bond donors (Lipinski definition) is 0. The van der Waals surface area contributed by atoms with E-state index in [0.29, 0.717) is 11.4 Å². The minimum atomic E-state index is -2.67. The molecule has 3 nitrogen and oxygen atoms in total. The van der Waals surface area contributed by atoms with E-state index < -0.39 is 6.43 Å². The van der Waals surface area contributed by atoms with Gasteiger partial charge in [0.25, 0.3) is 6.43 Å². The molecule has 0 aliphatic carbocycles. The fourth-order valence-electron chi connectivity index (χ4n) is 1.27. The Kier molecular flexibility index (Phi) is 3.56. The van der Waals surface area contributed by atoms with Crippen molar-refractivity contribution in [2.45, 2.75) is 19.8 Å². The summed E-state index contributed by atoms with van der Waals surface area (Å²) in [7, 11) is 1.43. The van der Waals surface area contributed by atoms with Crippen LogP contribution in [0.15, 0.2) is 6.07 Å². The molecule has 0 bridgehead atoms. The first-order chi connectivity index (χ1) is 7.10. The van der Waals surface area contributed by atoms with Gasteiger partial charge in [0, 0.05) is 0 Å². The molecule has 1 heterocycles. The first-order valence-corrected chi connectivity index (χ1v) is 4.29. The Hall–Kier alpha value is -1.70. The van der Waals surface area contributed by atoms with Crippen molar-refractivity contribution >= 4 is 0 Å². The van der Waals surface area contributed by atoms with Gasteiger partial charge in [0.2, 0.25) is 0 Å². The Morgan fingerprint density at radius 2 is 2.27 bits per heavy atom. The summed E-state index contributed by atoms with van der Waals surface area (Å²) in [6, 6.07) is 3.26. The molecule has 0 saturated heterocycles. The Labute approximate surface area is 86.3 Å². The monoisotopic (exact) mass is 212 g/mol. The summed E-state index contributed by atoms with van der Waals surface area (Å²) in [5.74, 6) is 0.421. The van der Waals surface area contributed by atoms with Gasteiger partial charge in [0.15, 0.2) is 0 Å². The molecule has 1 aromatic rings. The number of methoxy groups -OCH3 is 1. The zero-order valence-corrected chi connectivity index (χ0v) is 8.42. The molecule has 0 aliphatic heterocycles. The number of alkyl halides is 2. The average Bonchev–Trinajstić information content (AvgIpc) is 2.20. The highest BCUT2D eigenvalue weighted by Gasteiger charge is 2.17. The van der Waals surface area contributed by atoms with Crippen LogP contribution in [0.25, 0.3) is 0 Å². The molecule has 0 spiro atoms. The minimum absolute atomic E-state index is 0.0939. The number of pyridine rings is 1. The van der Waals surface area contributed by atoms with Gasteiger partial charge < -0.3 is 4.74 Å². The van der Waals surface area contributed by atoms with Crippen molar-refractivity contribution in [3.8, 4) is 11.8 Å². The lowest BCUT2D eigenvalue weighted by Crippen LogP contribution is -2.02. The molecule has 1 aromatic heterocycles. The molecule has 0 atom stereocenters. The van der Waals surface area contributed by atoms with Gasteiger partial charge in [-0.25, -0.2) is 13.8 Å². The van der Waals surface area contributed by atoms with E-state index in [-0.39, 0.29) is 17.7 Å². The van der Waals surface area contributed by atoms with Crippen LogP contribution in [0, 0.1) is 18.3 Å². The summed E-state index contributed by atoms with van der Waals surface area (Å²) < 4.78 is 30.1. The lowest BCUT2D eigenvalue weighted by Gasteiger charge is -2.10. The quantitative estimate of drug-likeness (QED) is 0.772. The second-order valence-corrected chi connectivity index (χ2v) is 2.96. The fraction of sp³-hybridized carbons (Fsp3) is 0.400. The molecule has 15 heavy (non-hydrogen) atoms. The number of rotatable bonds is 3. The number of hydrogen-bond acceptors (Lipinski definition) is 3. The number of ether oxygens (including phenoxy) is 1. The van der Waals surface area contributed by atoms with Crippen LogP contribution in [0.4, 0.5) is 8.78 Å². The topological polar surface area (TPSA) is 45.9 Å². The first kappa shape index (κ1) is 11.4. The Morgan fingerprint density at radius 1 is 1.60 bits per heavy atom. The van der Waals surface area contributed by atoms with E-state index in [4.69, 9.17) is 10.00 Å². The van der Waals surface area contributed by atoms with Gasteiger partial charge in [-0.2, -0.15) is 5.26 Å². The van der Waals surface area contributed by atoms with Gasteiger partial charge >= 0.3 is 0 Å². The van der Waals surface area contributed by atoms with Gasteiger partial charge in [0.1, 0.15) is 11.4 Å². The predicted molar refractivity (Wildman–Crippen MR) is 49.8 cm³/mol. The largest absolute Gasteiger partial charge is 0.495 e. The maximum atomic E-state index is 12.6. The van der Waals surface area contributed by atoms with E-state index >= 15 is 0 Å². The highest BCUT2D eigenvalue weighted by Crippen LogP contribution is 2.26. The van der Waals surface area contributed by atoms with Gasteiger partial charge in [-0.15, -0.1) is 0 Å². The zero-order chi connectivity index (χ0) is 11.4. The van der Waals surface area contributed by atoms with Crippen LogP contribution < -0.4 is 4.74 Å². The van der Waals surface area contributed by atoms with Crippen LogP contribution in [0.1, 0.15) is 23.4 Å². The second kappa shape index (κ2) is 4.69. The van der Waals surface area contributed by atoms with E-state index in [2.05, 4.69) is 4.98 Å². The second-order valence-electron chi connectivity index (χ2n) is 2.96. The van der Waals surface area contributed by atoms with Crippen molar-refractivity contribution in [1.82, 2.24) is 4.98 Å². The Balaban J connectivity index is 3.26. The van der Waals surface area contributed by atoms with Crippen molar-refractivity contribution in [3.63, 3.8) is 0 Å².